The summed E-state index contributed by atoms with van der Waals surface area (Å²) in [6.45, 7) is 7.04. The number of carbonyl (C=O) groups is 1. The number of anilines is 7. The maximum atomic E-state index is 12.2. The van der Waals surface area contributed by atoms with E-state index in [4.69, 9.17) is 16.3 Å². The zero-order chi connectivity index (χ0) is 29.4. The zero-order valence-corrected chi connectivity index (χ0v) is 25.0. The number of likely N-dealkylation sites (N-methyl/N-ethyl adjacent to an activating group) is 2. The summed E-state index contributed by atoms with van der Waals surface area (Å²) in [5, 5.41) is 9.52. The van der Waals surface area contributed by atoms with Crippen molar-refractivity contribution >= 4 is 68.7 Å². The van der Waals surface area contributed by atoms with Gasteiger partial charge in [0.15, 0.2) is 5.82 Å². The highest BCUT2D eigenvalue weighted by Gasteiger charge is 2.17. The number of ether oxygens (including phenoxy) is 1. The Balaban J connectivity index is 1.97. The SMILES string of the molecule is C=CC(=O)Nc1cc(Nc2ncc(Cl)c(Nc3ccc(C)cc3NS(C)=O)n2)c(OC)cc1N(C)CCN(C)C. The van der Waals surface area contributed by atoms with Crippen molar-refractivity contribution in [1.82, 2.24) is 14.9 Å². The molecule has 1 atom stereocenters. The molecule has 0 saturated heterocycles. The van der Waals surface area contributed by atoms with Crippen molar-refractivity contribution in [2.24, 2.45) is 0 Å². The summed E-state index contributed by atoms with van der Waals surface area (Å²) in [4.78, 5) is 25.2. The lowest BCUT2D eigenvalue weighted by molar-refractivity contribution is -0.111. The minimum atomic E-state index is -1.27. The largest absolute Gasteiger partial charge is 0.494 e. The highest BCUT2D eigenvalue weighted by Crippen LogP contribution is 2.38. The van der Waals surface area contributed by atoms with E-state index in [1.165, 1.54) is 12.3 Å². The summed E-state index contributed by atoms with van der Waals surface area (Å²) in [5.74, 6) is 0.752. The van der Waals surface area contributed by atoms with Crippen LogP contribution < -0.4 is 30.3 Å². The number of hydrogen-bond donors (Lipinski definition) is 4. The van der Waals surface area contributed by atoms with Gasteiger partial charge in [-0.3, -0.25) is 4.79 Å². The van der Waals surface area contributed by atoms with Gasteiger partial charge in [0.1, 0.15) is 21.8 Å². The van der Waals surface area contributed by atoms with Gasteiger partial charge in [0.25, 0.3) is 0 Å². The molecule has 40 heavy (non-hydrogen) atoms. The molecule has 0 aliphatic rings. The molecule has 0 bridgehead atoms. The Morgan fingerprint density at radius 1 is 1.10 bits per heavy atom. The predicted molar refractivity (Wildman–Crippen MR) is 166 cm³/mol. The molecule has 214 valence electrons. The van der Waals surface area contributed by atoms with Crippen LogP contribution in [0.4, 0.5) is 40.2 Å². The Kier molecular flexibility index (Phi) is 10.7. The number of nitrogens with zero attached hydrogens (tertiary/aromatic N) is 4. The van der Waals surface area contributed by atoms with Crippen molar-refractivity contribution < 1.29 is 13.7 Å². The molecular formula is C27H35ClN8O3S. The summed E-state index contributed by atoms with van der Waals surface area (Å²) < 4.78 is 20.4. The van der Waals surface area contributed by atoms with E-state index in [0.29, 0.717) is 39.3 Å². The van der Waals surface area contributed by atoms with E-state index < -0.39 is 11.0 Å². The molecule has 13 heteroatoms. The van der Waals surface area contributed by atoms with E-state index >= 15 is 0 Å². The lowest BCUT2D eigenvalue weighted by atomic mass is 10.2. The molecule has 4 N–H and O–H groups in total. The molecule has 1 aromatic heterocycles. The smallest absolute Gasteiger partial charge is 0.247 e. The van der Waals surface area contributed by atoms with Gasteiger partial charge in [-0.2, -0.15) is 4.98 Å². The molecule has 2 aromatic carbocycles. The molecule has 0 radical (unpaired) electrons. The fourth-order valence-electron chi connectivity index (χ4n) is 3.68. The first-order chi connectivity index (χ1) is 19.0. The van der Waals surface area contributed by atoms with Crippen molar-refractivity contribution in [3.8, 4) is 5.75 Å². The number of aryl methyl sites for hydroxylation is 1. The van der Waals surface area contributed by atoms with Crippen LogP contribution in [-0.2, 0) is 15.8 Å². The highest BCUT2D eigenvalue weighted by atomic mass is 35.5. The monoisotopic (exact) mass is 586 g/mol. The second-order valence-corrected chi connectivity index (χ2v) is 10.8. The molecular weight excluding hydrogens is 552 g/mol. The molecule has 1 unspecified atom stereocenters. The Hall–Kier alpha value is -3.87. The van der Waals surface area contributed by atoms with Gasteiger partial charge >= 0.3 is 0 Å². The predicted octanol–water partition coefficient (Wildman–Crippen LogP) is 4.76. The average Bonchev–Trinajstić information content (AvgIpc) is 2.90. The van der Waals surface area contributed by atoms with E-state index in [1.54, 1.807) is 19.4 Å². The lowest BCUT2D eigenvalue weighted by Crippen LogP contribution is -2.29. The first-order valence-corrected chi connectivity index (χ1v) is 14.2. The third-order valence-corrected chi connectivity index (χ3v) is 6.51. The maximum absolute atomic E-state index is 12.2. The van der Waals surface area contributed by atoms with Gasteiger partial charge in [-0.25, -0.2) is 9.19 Å². The van der Waals surface area contributed by atoms with E-state index in [0.717, 1.165) is 24.3 Å². The minimum Gasteiger partial charge on any atom is -0.494 e. The van der Waals surface area contributed by atoms with Crippen molar-refractivity contribution in [2.75, 3.05) is 73.2 Å². The van der Waals surface area contributed by atoms with Gasteiger partial charge in [-0.1, -0.05) is 24.2 Å². The third kappa shape index (κ3) is 8.31. The Labute approximate surface area is 242 Å². The van der Waals surface area contributed by atoms with Crippen LogP contribution in [0, 0.1) is 6.92 Å². The van der Waals surface area contributed by atoms with Crippen molar-refractivity contribution in [1.29, 1.82) is 0 Å². The standard InChI is InChI=1S/C27H35ClN8O3S/c1-8-25(37)30-21-14-22(24(39-6)15-23(21)36(5)12-11-35(3)4)32-27-29-16-18(28)26(33-27)31-19-10-9-17(2)13-20(19)34-40(7)38/h8-10,13-16,34H,1,11-12H2,2-7H3,(H,30,37)(H2,29,31,32,33). The van der Waals surface area contributed by atoms with Crippen LogP contribution in [-0.4, -0.2) is 72.6 Å². The number of rotatable bonds is 13. The quantitative estimate of drug-likeness (QED) is 0.210. The van der Waals surface area contributed by atoms with Gasteiger partial charge in [-0.05, 0) is 50.9 Å². The normalized spacial score (nSPS) is 11.5. The zero-order valence-electron chi connectivity index (χ0n) is 23.5. The first-order valence-electron chi connectivity index (χ1n) is 12.3. The van der Waals surface area contributed by atoms with Crippen LogP contribution in [0.25, 0.3) is 0 Å². The van der Waals surface area contributed by atoms with Crippen molar-refractivity contribution in [3.63, 3.8) is 0 Å². The second-order valence-electron chi connectivity index (χ2n) is 9.23. The third-order valence-electron chi connectivity index (χ3n) is 5.73. The number of hydrogen-bond acceptors (Lipinski definition) is 9. The van der Waals surface area contributed by atoms with E-state index in [2.05, 4.69) is 42.1 Å². The van der Waals surface area contributed by atoms with Crippen LogP contribution in [0.2, 0.25) is 5.02 Å². The average molecular weight is 587 g/mol. The number of aromatic nitrogens is 2. The summed E-state index contributed by atoms with van der Waals surface area (Å²) in [6, 6.07) is 9.23. The molecule has 0 aliphatic heterocycles. The first kappa shape index (κ1) is 30.7. The number of amides is 1. The van der Waals surface area contributed by atoms with E-state index in [-0.39, 0.29) is 11.9 Å². The van der Waals surface area contributed by atoms with Gasteiger partial charge in [-0.15, -0.1) is 0 Å². The number of carbonyl (C=O) groups excluding carboxylic acids is 1. The van der Waals surface area contributed by atoms with Crippen LogP contribution in [0.3, 0.4) is 0 Å². The molecule has 1 amide bonds. The second kappa shape index (κ2) is 14.0. The highest BCUT2D eigenvalue weighted by molar-refractivity contribution is 7.85. The fourth-order valence-corrected chi connectivity index (χ4v) is 4.29. The summed E-state index contributed by atoms with van der Waals surface area (Å²) >= 11 is 6.42. The molecule has 11 nitrogen and oxygen atoms in total. The number of benzene rings is 2. The summed E-state index contributed by atoms with van der Waals surface area (Å²) in [7, 11) is 6.22. The van der Waals surface area contributed by atoms with Crippen LogP contribution in [0.5, 0.6) is 5.75 Å². The van der Waals surface area contributed by atoms with E-state index in [1.807, 2.05) is 57.2 Å². The molecule has 1 heterocycles. The van der Waals surface area contributed by atoms with Crippen LogP contribution in [0.1, 0.15) is 5.56 Å². The van der Waals surface area contributed by atoms with Crippen molar-refractivity contribution in [3.05, 3.63) is 59.8 Å². The number of nitrogens with one attached hydrogen (secondary N) is 4. The molecule has 0 saturated carbocycles. The van der Waals surface area contributed by atoms with Crippen LogP contribution in [0.15, 0.2) is 49.2 Å². The number of halogens is 1. The summed E-state index contributed by atoms with van der Waals surface area (Å²) in [5.41, 5.74) is 4.14. The lowest BCUT2D eigenvalue weighted by Gasteiger charge is -2.26. The van der Waals surface area contributed by atoms with Crippen molar-refractivity contribution in [2.45, 2.75) is 6.92 Å². The molecule has 0 spiro atoms. The van der Waals surface area contributed by atoms with Gasteiger partial charge < -0.3 is 35.2 Å². The molecule has 3 rings (SSSR count). The Bertz CT molecular complexity index is 1400. The number of methoxy groups -OCH3 is 1. The topological polar surface area (TPSA) is 124 Å². The van der Waals surface area contributed by atoms with Crippen LogP contribution >= 0.6 is 11.6 Å². The minimum absolute atomic E-state index is 0.237. The Morgan fingerprint density at radius 3 is 2.50 bits per heavy atom. The molecule has 3 aromatic rings. The van der Waals surface area contributed by atoms with Gasteiger partial charge in [0, 0.05) is 32.5 Å². The Morgan fingerprint density at radius 2 is 1.85 bits per heavy atom. The maximum Gasteiger partial charge on any atom is 0.247 e. The van der Waals surface area contributed by atoms with E-state index in [9.17, 15) is 9.00 Å². The summed E-state index contributed by atoms with van der Waals surface area (Å²) in [6.07, 6.45) is 4.23. The van der Waals surface area contributed by atoms with Gasteiger partial charge in [0.2, 0.25) is 11.9 Å². The molecule has 0 aliphatic carbocycles. The fraction of sp³-hybridized carbons (Fsp3) is 0.296. The van der Waals surface area contributed by atoms with Gasteiger partial charge in [0.05, 0.1) is 41.7 Å². The molecule has 0 fully saturated rings.